The van der Waals surface area contributed by atoms with Crippen LogP contribution in [0, 0.1) is 3.57 Å². The van der Waals surface area contributed by atoms with E-state index in [0.717, 1.165) is 20.5 Å². The van der Waals surface area contributed by atoms with E-state index in [1.807, 2.05) is 38.1 Å². The van der Waals surface area contributed by atoms with Crippen LogP contribution < -0.4 is 4.74 Å². The first-order valence-corrected chi connectivity index (χ1v) is 6.21. The van der Waals surface area contributed by atoms with Crippen LogP contribution in [0.5, 0.6) is 5.75 Å². The van der Waals surface area contributed by atoms with E-state index < -0.39 is 0 Å². The maximum Gasteiger partial charge on any atom is 0.158 e. The fourth-order valence-corrected chi connectivity index (χ4v) is 1.99. The van der Waals surface area contributed by atoms with Crippen molar-refractivity contribution in [2.24, 2.45) is 0 Å². The van der Waals surface area contributed by atoms with Gasteiger partial charge < -0.3 is 4.74 Å². The molecule has 0 radical (unpaired) electrons. The number of carbonyl (C=O) groups is 1. The lowest BCUT2D eigenvalue weighted by Gasteiger charge is -2.04. The molecule has 0 aromatic heterocycles. The predicted octanol–water partition coefficient (Wildman–Crippen LogP) is 3.68. The summed E-state index contributed by atoms with van der Waals surface area (Å²) in [5.74, 6) is 1.02. The number of hydrogen-bond donors (Lipinski definition) is 0. The number of methoxy groups -OCH3 is 1. The predicted molar refractivity (Wildman–Crippen MR) is 74.7 cm³/mol. The summed E-state index contributed by atoms with van der Waals surface area (Å²) in [6.45, 7) is 3.73. The van der Waals surface area contributed by atoms with Gasteiger partial charge in [-0.25, -0.2) is 0 Å². The van der Waals surface area contributed by atoms with Gasteiger partial charge in [0, 0.05) is 9.99 Å². The van der Waals surface area contributed by atoms with Crippen molar-refractivity contribution in [1.82, 2.24) is 0 Å². The number of hydrogen-bond acceptors (Lipinski definition) is 2. The zero-order valence-electron chi connectivity index (χ0n) is 9.71. The molecule has 2 nitrogen and oxygen atoms in total. The third kappa shape index (κ3) is 3.33. The first-order chi connectivity index (χ1) is 7.58. The van der Waals surface area contributed by atoms with Crippen LogP contribution in [0.1, 0.15) is 25.8 Å². The lowest BCUT2D eigenvalue weighted by Crippen LogP contribution is -1.96. The number of allylic oxidation sites excluding steroid dienone is 1. The number of carbonyl (C=O) groups excluding carboxylic acids is 1. The van der Waals surface area contributed by atoms with Crippen LogP contribution in [0.15, 0.2) is 23.8 Å². The fraction of sp³-hybridized carbons (Fsp3) is 0.308. The molecule has 3 heteroatoms. The molecular weight excluding hydrogens is 315 g/mol. The molecule has 0 spiro atoms. The Bertz CT molecular complexity index is 422. The van der Waals surface area contributed by atoms with Gasteiger partial charge in [0.15, 0.2) is 5.78 Å². The molecule has 16 heavy (non-hydrogen) atoms. The molecule has 0 aliphatic heterocycles. The number of ether oxygens (including phenoxy) is 1. The van der Waals surface area contributed by atoms with Gasteiger partial charge >= 0.3 is 0 Å². The van der Waals surface area contributed by atoms with Crippen LogP contribution in [0.2, 0.25) is 0 Å². The van der Waals surface area contributed by atoms with Crippen LogP contribution in [0.3, 0.4) is 0 Å². The summed E-state index contributed by atoms with van der Waals surface area (Å²) in [5, 5.41) is 0. The van der Waals surface area contributed by atoms with E-state index in [2.05, 4.69) is 22.6 Å². The first-order valence-electron chi connectivity index (χ1n) is 5.13. The monoisotopic (exact) mass is 330 g/mol. The topological polar surface area (TPSA) is 26.3 Å². The SMILES string of the molecule is CCC(=O)/C(C)=C/c1ccc(OC)cc1I. The molecule has 0 bridgehead atoms. The molecule has 0 fully saturated rings. The molecule has 0 aliphatic rings. The molecule has 1 aromatic rings. The zero-order valence-corrected chi connectivity index (χ0v) is 11.9. The van der Waals surface area contributed by atoms with E-state index in [0.29, 0.717) is 6.42 Å². The standard InChI is InChI=1S/C13H15IO2/c1-4-13(15)9(2)7-10-5-6-11(16-3)8-12(10)14/h5-8H,4H2,1-3H3/b9-7+. The molecule has 0 atom stereocenters. The highest BCUT2D eigenvalue weighted by Crippen LogP contribution is 2.21. The smallest absolute Gasteiger partial charge is 0.158 e. The normalized spacial score (nSPS) is 11.4. The van der Waals surface area contributed by atoms with Gasteiger partial charge in [-0.15, -0.1) is 0 Å². The van der Waals surface area contributed by atoms with E-state index in [1.54, 1.807) is 7.11 Å². The van der Waals surface area contributed by atoms with Crippen LogP contribution in [-0.2, 0) is 4.79 Å². The summed E-state index contributed by atoms with van der Waals surface area (Å²) in [6, 6.07) is 5.82. The second-order valence-electron chi connectivity index (χ2n) is 3.49. The summed E-state index contributed by atoms with van der Waals surface area (Å²) >= 11 is 2.24. The minimum absolute atomic E-state index is 0.187. The van der Waals surface area contributed by atoms with Crippen molar-refractivity contribution in [3.63, 3.8) is 0 Å². The van der Waals surface area contributed by atoms with Gasteiger partial charge in [-0.1, -0.05) is 13.0 Å². The highest BCUT2D eigenvalue weighted by Gasteiger charge is 2.04. The third-order valence-electron chi connectivity index (χ3n) is 2.34. The number of rotatable bonds is 4. The molecule has 1 rings (SSSR count). The van der Waals surface area contributed by atoms with Gasteiger partial charge in [-0.2, -0.15) is 0 Å². The molecule has 86 valence electrons. The van der Waals surface area contributed by atoms with Crippen LogP contribution in [-0.4, -0.2) is 12.9 Å². The first kappa shape index (κ1) is 13.2. The average molecular weight is 330 g/mol. The van der Waals surface area contributed by atoms with E-state index in [-0.39, 0.29) is 5.78 Å². The van der Waals surface area contributed by atoms with Gasteiger partial charge in [0.05, 0.1) is 7.11 Å². The van der Waals surface area contributed by atoms with Crippen molar-refractivity contribution in [3.05, 3.63) is 32.9 Å². The van der Waals surface area contributed by atoms with Gasteiger partial charge in [0.2, 0.25) is 0 Å². The van der Waals surface area contributed by atoms with Gasteiger partial charge in [-0.05, 0) is 58.9 Å². The summed E-state index contributed by atoms with van der Waals surface area (Å²) in [5.41, 5.74) is 1.85. The molecule has 0 unspecified atom stereocenters. The highest BCUT2D eigenvalue weighted by molar-refractivity contribution is 14.1. The largest absolute Gasteiger partial charge is 0.497 e. The Kier molecular flexibility index (Phi) is 4.99. The zero-order chi connectivity index (χ0) is 12.1. The summed E-state index contributed by atoms with van der Waals surface area (Å²) in [6.07, 6.45) is 2.47. The van der Waals surface area contributed by atoms with Crippen LogP contribution in [0.4, 0.5) is 0 Å². The lowest BCUT2D eigenvalue weighted by molar-refractivity contribution is -0.115. The van der Waals surface area contributed by atoms with Crippen LogP contribution >= 0.6 is 22.6 Å². The van der Waals surface area contributed by atoms with Gasteiger partial charge in [0.25, 0.3) is 0 Å². The summed E-state index contributed by atoms with van der Waals surface area (Å²) in [7, 11) is 1.65. The van der Waals surface area contributed by atoms with E-state index >= 15 is 0 Å². The maximum atomic E-state index is 11.5. The number of benzene rings is 1. The third-order valence-corrected chi connectivity index (χ3v) is 3.27. The van der Waals surface area contributed by atoms with Crippen molar-refractivity contribution in [3.8, 4) is 5.75 Å². The Labute approximate surface area is 110 Å². The number of halogens is 1. The molecule has 0 heterocycles. The van der Waals surface area contributed by atoms with Crippen molar-refractivity contribution >= 4 is 34.5 Å². The second kappa shape index (κ2) is 6.03. The van der Waals surface area contributed by atoms with Crippen molar-refractivity contribution in [2.45, 2.75) is 20.3 Å². The van der Waals surface area contributed by atoms with Crippen molar-refractivity contribution in [1.29, 1.82) is 0 Å². The van der Waals surface area contributed by atoms with Gasteiger partial charge in [-0.3, -0.25) is 4.79 Å². The lowest BCUT2D eigenvalue weighted by atomic mass is 10.1. The van der Waals surface area contributed by atoms with Crippen molar-refractivity contribution in [2.75, 3.05) is 7.11 Å². The number of Topliss-reactive ketones (excluding diaryl/α,β-unsaturated/α-hetero) is 1. The molecule has 0 saturated carbocycles. The molecule has 0 N–H and O–H groups in total. The Hall–Kier alpha value is -0.840. The molecule has 0 aliphatic carbocycles. The van der Waals surface area contributed by atoms with E-state index in [1.165, 1.54) is 0 Å². The Morgan fingerprint density at radius 2 is 2.19 bits per heavy atom. The maximum absolute atomic E-state index is 11.5. The minimum atomic E-state index is 0.187. The van der Waals surface area contributed by atoms with Crippen molar-refractivity contribution < 1.29 is 9.53 Å². The fourth-order valence-electron chi connectivity index (χ4n) is 1.34. The molecule has 0 amide bonds. The quantitative estimate of drug-likeness (QED) is 0.622. The van der Waals surface area contributed by atoms with Gasteiger partial charge in [0.1, 0.15) is 5.75 Å². The molecule has 0 saturated heterocycles. The summed E-state index contributed by atoms with van der Waals surface area (Å²) in [4.78, 5) is 11.5. The van der Waals surface area contributed by atoms with E-state index in [9.17, 15) is 4.79 Å². The Morgan fingerprint density at radius 1 is 1.50 bits per heavy atom. The summed E-state index contributed by atoms with van der Waals surface area (Å²) < 4.78 is 6.21. The average Bonchev–Trinajstić information content (AvgIpc) is 2.30. The van der Waals surface area contributed by atoms with E-state index in [4.69, 9.17) is 4.74 Å². The minimum Gasteiger partial charge on any atom is -0.497 e. The second-order valence-corrected chi connectivity index (χ2v) is 4.65. The number of ketones is 1. The Morgan fingerprint density at radius 3 is 2.69 bits per heavy atom. The highest BCUT2D eigenvalue weighted by atomic mass is 127. The Balaban J connectivity index is 3.02. The molecular formula is C13H15IO2. The van der Waals surface area contributed by atoms with Crippen LogP contribution in [0.25, 0.3) is 6.08 Å². The molecule has 1 aromatic carbocycles.